The van der Waals surface area contributed by atoms with Crippen LogP contribution in [0.25, 0.3) is 11.3 Å². The van der Waals surface area contributed by atoms with Crippen molar-refractivity contribution >= 4 is 17.6 Å². The minimum Gasteiger partial charge on any atom is -0.507 e. The van der Waals surface area contributed by atoms with Crippen LogP contribution in [0.3, 0.4) is 0 Å². The van der Waals surface area contributed by atoms with Gasteiger partial charge in [-0.1, -0.05) is 29.8 Å². The number of phenolic OH excluding ortho intramolecular Hbond substituents is 1. The normalized spacial score (nSPS) is 13.0. The standard InChI is InChI=1S/C27H27N5O3/c1-17-5-7-18(8-6-17)16-28-27(35)32-24(19-9-10-19)15-22(30-32)21-14-20(11-12-25(21)33)29-26(34)23-4-3-13-31(23)2/h3-8,11-15,19,33H,9-10,16H2,1-2H3,(H,28,35)(H,29,34). The maximum Gasteiger partial charge on any atom is 0.342 e. The number of nitrogens with one attached hydrogen (secondary N) is 2. The largest absolute Gasteiger partial charge is 0.507 e. The van der Waals surface area contributed by atoms with Crippen LogP contribution in [0.15, 0.2) is 66.9 Å². The number of phenols is 1. The fourth-order valence-electron chi connectivity index (χ4n) is 4.03. The quantitative estimate of drug-likeness (QED) is 0.354. The lowest BCUT2D eigenvalue weighted by Crippen LogP contribution is -2.30. The van der Waals surface area contributed by atoms with Gasteiger partial charge in [-0.3, -0.25) is 4.79 Å². The number of aromatic hydroxyl groups is 1. The zero-order valence-corrected chi connectivity index (χ0v) is 19.7. The highest BCUT2D eigenvalue weighted by molar-refractivity contribution is 6.03. The van der Waals surface area contributed by atoms with Crippen molar-refractivity contribution in [2.75, 3.05) is 5.32 Å². The third-order valence-electron chi connectivity index (χ3n) is 6.20. The second kappa shape index (κ2) is 9.13. The number of anilines is 1. The molecular formula is C27H27N5O3. The molecule has 0 aliphatic heterocycles. The summed E-state index contributed by atoms with van der Waals surface area (Å²) in [6.45, 7) is 2.41. The van der Waals surface area contributed by atoms with Gasteiger partial charge in [-0.15, -0.1) is 0 Å². The first-order chi connectivity index (χ1) is 16.9. The van der Waals surface area contributed by atoms with Crippen molar-refractivity contribution in [1.82, 2.24) is 19.7 Å². The van der Waals surface area contributed by atoms with E-state index in [1.54, 1.807) is 42.1 Å². The van der Waals surface area contributed by atoms with Gasteiger partial charge in [0.1, 0.15) is 11.4 Å². The van der Waals surface area contributed by atoms with E-state index < -0.39 is 0 Å². The van der Waals surface area contributed by atoms with E-state index in [1.807, 2.05) is 37.3 Å². The Morgan fingerprint density at radius 2 is 1.86 bits per heavy atom. The summed E-state index contributed by atoms with van der Waals surface area (Å²) in [4.78, 5) is 25.6. The van der Waals surface area contributed by atoms with Crippen molar-refractivity contribution in [3.05, 3.63) is 89.4 Å². The molecule has 2 aromatic carbocycles. The Bertz CT molecular complexity index is 1400. The van der Waals surface area contributed by atoms with Crippen LogP contribution in [0.4, 0.5) is 10.5 Å². The molecule has 178 valence electrons. The lowest BCUT2D eigenvalue weighted by atomic mass is 10.1. The molecule has 8 heteroatoms. The zero-order valence-electron chi connectivity index (χ0n) is 19.7. The molecule has 2 amide bonds. The summed E-state index contributed by atoms with van der Waals surface area (Å²) in [7, 11) is 1.80. The Kier molecular flexibility index (Phi) is 5.86. The van der Waals surface area contributed by atoms with Gasteiger partial charge in [0, 0.05) is 37.0 Å². The molecule has 0 saturated heterocycles. The van der Waals surface area contributed by atoms with Crippen LogP contribution < -0.4 is 10.6 Å². The highest BCUT2D eigenvalue weighted by atomic mass is 16.3. The molecule has 5 rings (SSSR count). The van der Waals surface area contributed by atoms with Crippen LogP contribution in [0, 0.1) is 6.92 Å². The van der Waals surface area contributed by atoms with E-state index in [2.05, 4.69) is 15.7 Å². The molecule has 2 aromatic heterocycles. The average molecular weight is 470 g/mol. The van der Waals surface area contributed by atoms with Crippen LogP contribution >= 0.6 is 0 Å². The van der Waals surface area contributed by atoms with Crippen molar-refractivity contribution in [2.24, 2.45) is 7.05 Å². The SMILES string of the molecule is Cc1ccc(CNC(=O)n2nc(-c3cc(NC(=O)c4cccn4C)ccc3O)cc2C2CC2)cc1. The van der Waals surface area contributed by atoms with E-state index in [-0.39, 0.29) is 23.6 Å². The summed E-state index contributed by atoms with van der Waals surface area (Å²) >= 11 is 0. The average Bonchev–Trinajstić information content (AvgIpc) is 3.45. The molecule has 1 aliphatic carbocycles. The number of carbonyl (C=O) groups is 2. The molecule has 35 heavy (non-hydrogen) atoms. The topological polar surface area (TPSA) is 101 Å². The van der Waals surface area contributed by atoms with Gasteiger partial charge in [0.15, 0.2) is 0 Å². The number of nitrogens with zero attached hydrogens (tertiary/aromatic N) is 3. The molecule has 1 saturated carbocycles. The lowest BCUT2D eigenvalue weighted by molar-refractivity contribution is 0.101. The van der Waals surface area contributed by atoms with Crippen molar-refractivity contribution in [2.45, 2.75) is 32.2 Å². The van der Waals surface area contributed by atoms with E-state index in [4.69, 9.17) is 0 Å². The number of hydrogen-bond donors (Lipinski definition) is 3. The van der Waals surface area contributed by atoms with Crippen molar-refractivity contribution in [3.63, 3.8) is 0 Å². The Balaban J connectivity index is 1.39. The van der Waals surface area contributed by atoms with Gasteiger partial charge in [-0.2, -0.15) is 9.78 Å². The molecule has 1 fully saturated rings. The van der Waals surface area contributed by atoms with E-state index >= 15 is 0 Å². The summed E-state index contributed by atoms with van der Waals surface area (Å²) in [5.74, 6) is 0.0338. The van der Waals surface area contributed by atoms with Gasteiger partial charge in [0.2, 0.25) is 0 Å². The molecule has 0 radical (unpaired) electrons. The lowest BCUT2D eigenvalue weighted by Gasteiger charge is -2.09. The van der Waals surface area contributed by atoms with Gasteiger partial charge < -0.3 is 20.3 Å². The first-order valence-electron chi connectivity index (χ1n) is 11.6. The van der Waals surface area contributed by atoms with Crippen LogP contribution in [0.5, 0.6) is 5.75 Å². The highest BCUT2D eigenvalue weighted by Gasteiger charge is 2.30. The van der Waals surface area contributed by atoms with E-state index in [0.29, 0.717) is 29.2 Å². The highest BCUT2D eigenvalue weighted by Crippen LogP contribution is 2.42. The minimum absolute atomic E-state index is 0.0222. The van der Waals surface area contributed by atoms with Crippen LogP contribution in [0.1, 0.15) is 46.1 Å². The number of aryl methyl sites for hydroxylation is 2. The molecule has 2 heterocycles. The van der Waals surface area contributed by atoms with E-state index in [1.165, 1.54) is 10.7 Å². The summed E-state index contributed by atoms with van der Waals surface area (Å²) < 4.78 is 3.13. The van der Waals surface area contributed by atoms with Crippen molar-refractivity contribution in [3.8, 4) is 17.0 Å². The molecular weight excluding hydrogens is 442 g/mol. The molecule has 0 spiro atoms. The monoisotopic (exact) mass is 469 g/mol. The molecule has 0 atom stereocenters. The second-order valence-corrected chi connectivity index (χ2v) is 8.98. The van der Waals surface area contributed by atoms with E-state index in [0.717, 1.165) is 29.7 Å². The Morgan fingerprint density at radius 1 is 1.09 bits per heavy atom. The van der Waals surface area contributed by atoms with Crippen LogP contribution in [-0.2, 0) is 13.6 Å². The zero-order chi connectivity index (χ0) is 24.5. The van der Waals surface area contributed by atoms with Gasteiger partial charge in [0.05, 0.1) is 11.4 Å². The third-order valence-corrected chi connectivity index (χ3v) is 6.20. The molecule has 0 bridgehead atoms. The Morgan fingerprint density at radius 3 is 2.54 bits per heavy atom. The Labute approximate surface area is 203 Å². The maximum absolute atomic E-state index is 13.0. The van der Waals surface area contributed by atoms with Crippen molar-refractivity contribution in [1.29, 1.82) is 0 Å². The van der Waals surface area contributed by atoms with Gasteiger partial charge in [-0.05, 0) is 61.7 Å². The number of amides is 2. The Hall–Kier alpha value is -4.33. The molecule has 0 unspecified atom stereocenters. The fraction of sp³-hybridized carbons (Fsp3) is 0.222. The van der Waals surface area contributed by atoms with Crippen LogP contribution in [-0.4, -0.2) is 31.4 Å². The summed E-state index contributed by atoms with van der Waals surface area (Å²) in [5.41, 5.74) is 4.95. The minimum atomic E-state index is -0.314. The summed E-state index contributed by atoms with van der Waals surface area (Å²) in [5, 5.41) is 20.9. The predicted molar refractivity (Wildman–Crippen MR) is 133 cm³/mol. The maximum atomic E-state index is 13.0. The first kappa shape index (κ1) is 22.5. The summed E-state index contributed by atoms with van der Waals surface area (Å²) in [6.07, 6.45) is 3.79. The van der Waals surface area contributed by atoms with Gasteiger partial charge >= 0.3 is 6.03 Å². The number of aromatic nitrogens is 3. The summed E-state index contributed by atoms with van der Waals surface area (Å²) in [6, 6.07) is 17.9. The fourth-order valence-corrected chi connectivity index (χ4v) is 4.03. The molecule has 8 nitrogen and oxygen atoms in total. The van der Waals surface area contributed by atoms with E-state index in [9.17, 15) is 14.7 Å². The molecule has 4 aromatic rings. The van der Waals surface area contributed by atoms with Gasteiger partial charge in [0.25, 0.3) is 5.91 Å². The van der Waals surface area contributed by atoms with Gasteiger partial charge in [-0.25, -0.2) is 4.79 Å². The molecule has 1 aliphatic rings. The second-order valence-electron chi connectivity index (χ2n) is 8.98. The van der Waals surface area contributed by atoms with Crippen molar-refractivity contribution < 1.29 is 14.7 Å². The van der Waals surface area contributed by atoms with Crippen LogP contribution in [0.2, 0.25) is 0 Å². The number of benzene rings is 2. The first-order valence-corrected chi connectivity index (χ1v) is 11.6. The third kappa shape index (κ3) is 4.82. The number of carbonyl (C=O) groups excluding carboxylic acids is 2. The number of hydrogen-bond acceptors (Lipinski definition) is 4. The number of rotatable bonds is 6. The molecule has 3 N–H and O–H groups in total. The predicted octanol–water partition coefficient (Wildman–Crippen LogP) is 4.79. The smallest absolute Gasteiger partial charge is 0.342 e.